The minimum Gasteiger partial charge on any atom is -0.481 e. The Morgan fingerprint density at radius 2 is 2.40 bits per heavy atom. The van der Waals surface area contributed by atoms with E-state index >= 15 is 0 Å². The zero-order valence-corrected chi connectivity index (χ0v) is 9.54. The summed E-state index contributed by atoms with van der Waals surface area (Å²) in [5.41, 5.74) is -0.535. The molecule has 0 aromatic rings. The van der Waals surface area contributed by atoms with Crippen molar-refractivity contribution in [2.24, 2.45) is 5.41 Å². The molecule has 3 heteroatoms. The van der Waals surface area contributed by atoms with Crippen molar-refractivity contribution in [3.63, 3.8) is 0 Å². The Morgan fingerprint density at radius 3 is 3.00 bits per heavy atom. The molecule has 0 aromatic heterocycles. The molecular formula is C12H21NO2. The minimum absolute atomic E-state index is 0.535. The number of unbranched alkanes of at least 4 members (excludes halogenated alkanes) is 1. The van der Waals surface area contributed by atoms with Crippen molar-refractivity contribution in [3.05, 3.63) is 12.7 Å². The van der Waals surface area contributed by atoms with E-state index in [0.717, 1.165) is 38.8 Å². The fourth-order valence-corrected chi connectivity index (χ4v) is 2.17. The second-order valence-electron chi connectivity index (χ2n) is 4.68. The standard InChI is InChI=1S/C12H21NO2/c1-3-4-5-8-13-9-6-7-12(2,10-13)11(14)15/h3H,1,4-10H2,2H3,(H,14,15). The monoisotopic (exact) mass is 211 g/mol. The Bertz CT molecular complexity index is 240. The zero-order valence-electron chi connectivity index (χ0n) is 9.54. The van der Waals surface area contributed by atoms with Crippen LogP contribution in [-0.2, 0) is 4.79 Å². The lowest BCUT2D eigenvalue weighted by Gasteiger charge is -2.37. The van der Waals surface area contributed by atoms with Crippen LogP contribution in [0.2, 0.25) is 0 Å². The first-order chi connectivity index (χ1) is 7.08. The predicted molar refractivity (Wildman–Crippen MR) is 60.8 cm³/mol. The van der Waals surface area contributed by atoms with Gasteiger partial charge in [-0.1, -0.05) is 6.08 Å². The van der Waals surface area contributed by atoms with Crippen molar-refractivity contribution in [2.75, 3.05) is 19.6 Å². The van der Waals surface area contributed by atoms with Gasteiger partial charge in [0.05, 0.1) is 5.41 Å². The molecule has 15 heavy (non-hydrogen) atoms. The molecule has 0 radical (unpaired) electrons. The molecule has 1 atom stereocenters. The second-order valence-corrected chi connectivity index (χ2v) is 4.68. The van der Waals surface area contributed by atoms with Crippen LogP contribution in [0.1, 0.15) is 32.6 Å². The fraction of sp³-hybridized carbons (Fsp3) is 0.750. The first-order valence-electron chi connectivity index (χ1n) is 5.65. The maximum Gasteiger partial charge on any atom is 0.310 e. The molecule has 1 fully saturated rings. The Morgan fingerprint density at radius 1 is 1.67 bits per heavy atom. The van der Waals surface area contributed by atoms with E-state index in [9.17, 15) is 4.79 Å². The van der Waals surface area contributed by atoms with Crippen LogP contribution < -0.4 is 0 Å². The number of carbonyl (C=O) groups is 1. The molecule has 0 aliphatic carbocycles. The van der Waals surface area contributed by atoms with Crippen molar-refractivity contribution < 1.29 is 9.90 Å². The summed E-state index contributed by atoms with van der Waals surface area (Å²) < 4.78 is 0. The normalized spacial score (nSPS) is 27.5. The van der Waals surface area contributed by atoms with E-state index < -0.39 is 11.4 Å². The lowest BCUT2D eigenvalue weighted by atomic mass is 9.82. The van der Waals surface area contributed by atoms with Gasteiger partial charge in [0, 0.05) is 6.54 Å². The number of rotatable bonds is 5. The molecule has 1 saturated heterocycles. The summed E-state index contributed by atoms with van der Waals surface area (Å²) in [6.45, 7) is 8.27. The van der Waals surface area contributed by atoms with Crippen LogP contribution in [0.15, 0.2) is 12.7 Å². The average Bonchev–Trinajstić information content (AvgIpc) is 2.18. The molecule has 1 unspecified atom stereocenters. The van der Waals surface area contributed by atoms with Crippen molar-refractivity contribution in [1.82, 2.24) is 4.90 Å². The largest absolute Gasteiger partial charge is 0.481 e. The molecular weight excluding hydrogens is 190 g/mol. The Labute approximate surface area is 91.8 Å². The third-order valence-corrected chi connectivity index (χ3v) is 3.17. The smallest absolute Gasteiger partial charge is 0.310 e. The Kier molecular flexibility index (Phi) is 4.33. The van der Waals surface area contributed by atoms with Crippen LogP contribution in [0.5, 0.6) is 0 Å². The molecule has 1 N–H and O–H groups in total. The van der Waals surface area contributed by atoms with Gasteiger partial charge in [0.1, 0.15) is 0 Å². The summed E-state index contributed by atoms with van der Waals surface area (Å²) in [4.78, 5) is 13.4. The fourth-order valence-electron chi connectivity index (χ4n) is 2.17. The summed E-state index contributed by atoms with van der Waals surface area (Å²) in [5.74, 6) is -0.657. The van der Waals surface area contributed by atoms with Gasteiger partial charge in [-0.05, 0) is 45.7 Å². The van der Waals surface area contributed by atoms with Gasteiger partial charge >= 0.3 is 5.97 Å². The molecule has 1 aliphatic heterocycles. The van der Waals surface area contributed by atoms with Crippen molar-refractivity contribution in [1.29, 1.82) is 0 Å². The van der Waals surface area contributed by atoms with Crippen molar-refractivity contribution in [3.8, 4) is 0 Å². The highest BCUT2D eigenvalue weighted by Crippen LogP contribution is 2.29. The highest BCUT2D eigenvalue weighted by atomic mass is 16.4. The van der Waals surface area contributed by atoms with Crippen LogP contribution in [0.3, 0.4) is 0 Å². The SMILES string of the molecule is C=CCCCN1CCCC(C)(C(=O)O)C1. The highest BCUT2D eigenvalue weighted by Gasteiger charge is 2.37. The number of carboxylic acid groups (broad SMARTS) is 1. The van der Waals surface area contributed by atoms with Gasteiger partial charge in [0.2, 0.25) is 0 Å². The van der Waals surface area contributed by atoms with E-state index in [1.165, 1.54) is 0 Å². The summed E-state index contributed by atoms with van der Waals surface area (Å²) in [6.07, 6.45) is 5.82. The number of hydrogen-bond acceptors (Lipinski definition) is 2. The summed E-state index contributed by atoms with van der Waals surface area (Å²) >= 11 is 0. The van der Waals surface area contributed by atoms with E-state index in [1.54, 1.807) is 0 Å². The number of piperidine rings is 1. The summed E-state index contributed by atoms with van der Waals surface area (Å²) in [6, 6.07) is 0. The summed E-state index contributed by atoms with van der Waals surface area (Å²) in [5, 5.41) is 9.14. The zero-order chi connectivity index (χ0) is 11.3. The maximum atomic E-state index is 11.1. The third kappa shape index (κ3) is 3.34. The van der Waals surface area contributed by atoms with Gasteiger partial charge in [0.15, 0.2) is 0 Å². The number of hydrogen-bond donors (Lipinski definition) is 1. The quantitative estimate of drug-likeness (QED) is 0.559. The van der Waals surface area contributed by atoms with Crippen LogP contribution in [-0.4, -0.2) is 35.6 Å². The molecule has 1 aliphatic rings. The number of likely N-dealkylation sites (tertiary alicyclic amines) is 1. The number of aliphatic carboxylic acids is 1. The van der Waals surface area contributed by atoms with E-state index in [-0.39, 0.29) is 0 Å². The van der Waals surface area contributed by atoms with Gasteiger partial charge in [-0.15, -0.1) is 6.58 Å². The molecule has 0 spiro atoms. The third-order valence-electron chi connectivity index (χ3n) is 3.17. The van der Waals surface area contributed by atoms with Crippen molar-refractivity contribution >= 4 is 5.97 Å². The van der Waals surface area contributed by atoms with Crippen molar-refractivity contribution in [2.45, 2.75) is 32.6 Å². The topological polar surface area (TPSA) is 40.5 Å². The molecule has 0 aromatic carbocycles. The van der Waals surface area contributed by atoms with E-state index in [4.69, 9.17) is 5.11 Å². The lowest BCUT2D eigenvalue weighted by molar-refractivity contribution is -0.151. The van der Waals surface area contributed by atoms with Crippen LogP contribution in [0, 0.1) is 5.41 Å². The van der Waals surface area contributed by atoms with Crippen LogP contribution >= 0.6 is 0 Å². The molecule has 0 saturated carbocycles. The van der Waals surface area contributed by atoms with E-state index in [2.05, 4.69) is 11.5 Å². The minimum atomic E-state index is -0.657. The number of carboxylic acids is 1. The Balaban J connectivity index is 2.41. The van der Waals surface area contributed by atoms with E-state index in [0.29, 0.717) is 6.54 Å². The number of nitrogens with zero attached hydrogens (tertiary/aromatic N) is 1. The van der Waals surface area contributed by atoms with Gasteiger partial charge in [-0.25, -0.2) is 0 Å². The second kappa shape index (κ2) is 5.31. The maximum absolute atomic E-state index is 11.1. The highest BCUT2D eigenvalue weighted by molar-refractivity contribution is 5.74. The first kappa shape index (κ1) is 12.2. The van der Waals surface area contributed by atoms with Gasteiger partial charge in [-0.3, -0.25) is 4.79 Å². The molecule has 0 bridgehead atoms. The molecule has 1 rings (SSSR count). The first-order valence-corrected chi connectivity index (χ1v) is 5.65. The van der Waals surface area contributed by atoms with Crippen LogP contribution in [0.4, 0.5) is 0 Å². The van der Waals surface area contributed by atoms with Gasteiger partial charge in [-0.2, -0.15) is 0 Å². The molecule has 1 heterocycles. The Hall–Kier alpha value is -0.830. The predicted octanol–water partition coefficient (Wildman–Crippen LogP) is 2.14. The molecule has 3 nitrogen and oxygen atoms in total. The number of allylic oxidation sites excluding steroid dienone is 1. The molecule has 86 valence electrons. The molecule has 0 amide bonds. The summed E-state index contributed by atoms with van der Waals surface area (Å²) in [7, 11) is 0. The van der Waals surface area contributed by atoms with Gasteiger partial charge in [0.25, 0.3) is 0 Å². The van der Waals surface area contributed by atoms with Crippen LogP contribution in [0.25, 0.3) is 0 Å². The van der Waals surface area contributed by atoms with E-state index in [1.807, 2.05) is 13.0 Å². The lowest BCUT2D eigenvalue weighted by Crippen LogP contribution is -2.46. The average molecular weight is 211 g/mol. The van der Waals surface area contributed by atoms with Gasteiger partial charge < -0.3 is 10.0 Å².